The predicted molar refractivity (Wildman–Crippen MR) is 148 cm³/mol. The van der Waals surface area contributed by atoms with E-state index in [1.807, 2.05) is 6.92 Å². The van der Waals surface area contributed by atoms with Crippen LogP contribution in [0.1, 0.15) is 86.0 Å². The molecule has 7 heteroatoms. The highest BCUT2D eigenvalue weighted by Gasteiger charge is 2.66. The van der Waals surface area contributed by atoms with Crippen molar-refractivity contribution in [1.29, 1.82) is 0 Å². The first-order valence-corrected chi connectivity index (χ1v) is 15.4. The molecule has 0 bridgehead atoms. The Hall–Kier alpha value is -0.280. The first kappa shape index (κ1) is 29.7. The fraction of sp³-hybridized carbons (Fsp3) is 1.00. The van der Waals surface area contributed by atoms with Crippen LogP contribution in [0.3, 0.4) is 0 Å². The molecule has 4 fully saturated rings. The Labute approximate surface area is 226 Å². The third kappa shape index (κ3) is 5.79. The molecule has 0 aromatic carbocycles. The van der Waals surface area contributed by atoms with E-state index >= 15 is 0 Å². The quantitative estimate of drug-likeness (QED) is 0.215. The van der Waals surface area contributed by atoms with E-state index in [1.165, 1.54) is 25.7 Å². The summed E-state index contributed by atoms with van der Waals surface area (Å²) in [6.07, 6.45) is 9.20. The second-order valence-corrected chi connectivity index (χ2v) is 13.0. The zero-order valence-electron chi connectivity index (χ0n) is 24.3. The molecule has 5 N–H and O–H groups in total. The summed E-state index contributed by atoms with van der Waals surface area (Å²) in [5, 5.41) is 18.5. The molecule has 0 heterocycles. The highest BCUT2D eigenvalue weighted by Crippen LogP contribution is 2.68. The lowest BCUT2D eigenvalue weighted by Gasteiger charge is -2.65. The van der Waals surface area contributed by atoms with Crippen molar-refractivity contribution in [3.63, 3.8) is 0 Å². The number of aliphatic hydroxyl groups excluding tert-OH is 1. The molecule has 4 rings (SSSR count). The molecule has 37 heavy (non-hydrogen) atoms. The molecular weight excluding hydrogens is 466 g/mol. The summed E-state index contributed by atoms with van der Waals surface area (Å²) in [5.74, 6) is 2.68. The molecular formula is C30H57N3O4. The van der Waals surface area contributed by atoms with Crippen LogP contribution in [0.5, 0.6) is 0 Å². The van der Waals surface area contributed by atoms with Crippen LogP contribution in [0, 0.1) is 40.4 Å². The Kier molecular flexibility index (Phi) is 10.4. The third-order valence-electron chi connectivity index (χ3n) is 11.5. The first-order valence-electron chi connectivity index (χ1n) is 15.4. The monoisotopic (exact) mass is 523 g/mol. The van der Waals surface area contributed by atoms with Crippen molar-refractivity contribution in [3.05, 3.63) is 0 Å². The zero-order valence-corrected chi connectivity index (χ0v) is 24.3. The molecule has 7 nitrogen and oxygen atoms in total. The normalized spacial score (nSPS) is 44.2. The lowest BCUT2D eigenvalue weighted by Crippen LogP contribution is -2.65. The van der Waals surface area contributed by atoms with Gasteiger partial charge in [0.15, 0.2) is 0 Å². The van der Waals surface area contributed by atoms with E-state index in [0.29, 0.717) is 67.1 Å². The van der Waals surface area contributed by atoms with E-state index in [2.05, 4.69) is 38.3 Å². The molecule has 4 aliphatic carbocycles. The summed E-state index contributed by atoms with van der Waals surface area (Å²) in [6, 6.07) is 0.874. The number of ether oxygens (including phenoxy) is 3. The van der Waals surface area contributed by atoms with E-state index in [1.54, 1.807) is 0 Å². The van der Waals surface area contributed by atoms with Gasteiger partial charge in [-0.05, 0) is 119 Å². The van der Waals surface area contributed by atoms with Gasteiger partial charge in [0.25, 0.3) is 0 Å². The van der Waals surface area contributed by atoms with Gasteiger partial charge in [-0.3, -0.25) is 10.6 Å². The number of rotatable bonds is 13. The fourth-order valence-electron chi connectivity index (χ4n) is 9.55. The summed E-state index contributed by atoms with van der Waals surface area (Å²) < 4.78 is 18.2. The van der Waals surface area contributed by atoms with Crippen LogP contribution in [0.2, 0.25) is 0 Å². The summed E-state index contributed by atoms with van der Waals surface area (Å²) >= 11 is 0. The van der Waals surface area contributed by atoms with Gasteiger partial charge in [0.2, 0.25) is 0 Å². The maximum Gasteiger partial charge on any atom is 0.0967 e. The van der Waals surface area contributed by atoms with Crippen molar-refractivity contribution in [2.45, 2.75) is 110 Å². The summed E-state index contributed by atoms with van der Waals surface area (Å²) in [6.45, 7) is 15.4. The Bertz CT molecular complexity index is 710. The molecule has 1 unspecified atom stereocenters. The van der Waals surface area contributed by atoms with Crippen molar-refractivity contribution in [2.24, 2.45) is 46.2 Å². The van der Waals surface area contributed by atoms with Gasteiger partial charge in [-0.1, -0.05) is 13.8 Å². The number of hydrogen-bond acceptors (Lipinski definition) is 7. The van der Waals surface area contributed by atoms with Gasteiger partial charge in [0.05, 0.1) is 25.7 Å². The highest BCUT2D eigenvalue weighted by atomic mass is 16.5. The minimum Gasteiger partial charge on any atom is -0.393 e. The van der Waals surface area contributed by atoms with Crippen LogP contribution >= 0.6 is 0 Å². The first-order chi connectivity index (χ1) is 17.8. The molecule has 0 saturated heterocycles. The lowest BCUT2D eigenvalue weighted by atomic mass is 9.42. The molecule has 0 aliphatic heterocycles. The van der Waals surface area contributed by atoms with Crippen molar-refractivity contribution in [2.75, 3.05) is 39.8 Å². The van der Waals surface area contributed by atoms with Gasteiger partial charge in [0, 0.05) is 31.9 Å². The second kappa shape index (κ2) is 12.9. The lowest BCUT2D eigenvalue weighted by molar-refractivity contribution is -0.194. The fourth-order valence-corrected chi connectivity index (χ4v) is 9.55. The molecule has 0 amide bonds. The standard InChI is InChI=1S/C30H57N3O4/c1-6-35-18-32-22-11-12-29(4)21(15-22)16-26(37-14-8-13-31)28-24-10-9-23(20(3)34)30(24,5)27(17-25(28)29)33-19-36-7-2/h20-28,32-34H,6-19,31H2,1-5H3/t20?,21-,22+,23+,24-,25-,26+,27-,28-,29-,30+/m0/s1. The number of aliphatic hydroxyl groups is 1. The Morgan fingerprint density at radius 3 is 2.38 bits per heavy atom. The second-order valence-electron chi connectivity index (χ2n) is 13.0. The van der Waals surface area contributed by atoms with E-state index in [-0.39, 0.29) is 17.6 Å². The molecule has 11 atom stereocenters. The Balaban J connectivity index is 1.63. The molecule has 0 spiro atoms. The van der Waals surface area contributed by atoms with Crippen molar-refractivity contribution < 1.29 is 19.3 Å². The van der Waals surface area contributed by atoms with Gasteiger partial charge >= 0.3 is 0 Å². The average Bonchev–Trinajstić information content (AvgIpc) is 3.23. The van der Waals surface area contributed by atoms with E-state index in [0.717, 1.165) is 45.5 Å². The Morgan fingerprint density at radius 2 is 1.70 bits per heavy atom. The van der Waals surface area contributed by atoms with Crippen molar-refractivity contribution in [1.82, 2.24) is 10.6 Å². The summed E-state index contributed by atoms with van der Waals surface area (Å²) in [5.41, 5.74) is 6.23. The molecule has 0 radical (unpaired) electrons. The van der Waals surface area contributed by atoms with Gasteiger partial charge in [0.1, 0.15) is 0 Å². The van der Waals surface area contributed by atoms with Crippen LogP contribution in [0.15, 0.2) is 0 Å². The molecule has 0 aromatic rings. The third-order valence-corrected chi connectivity index (χ3v) is 11.5. The van der Waals surface area contributed by atoms with E-state index in [9.17, 15) is 5.11 Å². The minimum atomic E-state index is -0.293. The average molecular weight is 524 g/mol. The van der Waals surface area contributed by atoms with Gasteiger partial charge < -0.3 is 25.1 Å². The smallest absolute Gasteiger partial charge is 0.0967 e. The van der Waals surface area contributed by atoms with Crippen LogP contribution in [-0.4, -0.2) is 69.2 Å². The van der Waals surface area contributed by atoms with Crippen LogP contribution in [-0.2, 0) is 14.2 Å². The van der Waals surface area contributed by atoms with Gasteiger partial charge in [-0.2, -0.15) is 0 Å². The zero-order chi connectivity index (χ0) is 26.6. The molecule has 216 valence electrons. The number of fused-ring (bicyclic) bond motifs is 5. The minimum absolute atomic E-state index is 0.0430. The molecule has 0 aromatic heterocycles. The van der Waals surface area contributed by atoms with Crippen molar-refractivity contribution in [3.8, 4) is 0 Å². The van der Waals surface area contributed by atoms with Crippen LogP contribution in [0.4, 0.5) is 0 Å². The maximum absolute atomic E-state index is 10.9. The molecule has 4 saturated carbocycles. The molecule has 4 aliphatic rings. The largest absolute Gasteiger partial charge is 0.393 e. The van der Waals surface area contributed by atoms with Crippen molar-refractivity contribution >= 4 is 0 Å². The topological polar surface area (TPSA) is 98.0 Å². The van der Waals surface area contributed by atoms with Crippen LogP contribution in [0.25, 0.3) is 0 Å². The number of hydrogen-bond donors (Lipinski definition) is 4. The van der Waals surface area contributed by atoms with Gasteiger partial charge in [-0.25, -0.2) is 0 Å². The maximum atomic E-state index is 10.9. The Morgan fingerprint density at radius 1 is 0.973 bits per heavy atom. The van der Waals surface area contributed by atoms with E-state index in [4.69, 9.17) is 19.9 Å². The highest BCUT2D eigenvalue weighted by molar-refractivity contribution is 5.16. The van der Waals surface area contributed by atoms with E-state index < -0.39 is 0 Å². The summed E-state index contributed by atoms with van der Waals surface area (Å²) in [7, 11) is 0. The SMILES string of the molecule is CCOCN[C@@H]1CC[C@@]2(C)[C@@H](C1)C[C@@H](OCCCN)[C@@H]1[C@@H]2C[C@H](NCOCC)[C@]2(C)[C@@H](C(C)O)CC[C@@H]12. The predicted octanol–water partition coefficient (Wildman–Crippen LogP) is 3.88. The summed E-state index contributed by atoms with van der Waals surface area (Å²) in [4.78, 5) is 0. The van der Waals surface area contributed by atoms with Gasteiger partial charge in [-0.15, -0.1) is 0 Å². The van der Waals surface area contributed by atoms with Crippen LogP contribution < -0.4 is 16.4 Å². The number of nitrogens with two attached hydrogens (primary N) is 1. The number of nitrogens with one attached hydrogen (secondary N) is 2.